The number of piperidine rings is 1. The summed E-state index contributed by atoms with van der Waals surface area (Å²) in [6.07, 6.45) is 8.14. The van der Waals surface area contributed by atoms with E-state index in [9.17, 15) is 4.79 Å². The topological polar surface area (TPSA) is 89.7 Å². The number of likely N-dealkylation sites (tertiary alicyclic amines) is 1. The summed E-state index contributed by atoms with van der Waals surface area (Å²) in [5.41, 5.74) is 2.45. The monoisotopic (exact) mass is 327 g/mol. The summed E-state index contributed by atoms with van der Waals surface area (Å²) in [6, 6.07) is 0. The maximum absolute atomic E-state index is 12.6. The van der Waals surface area contributed by atoms with Crippen molar-refractivity contribution in [3.05, 3.63) is 29.6 Å². The lowest BCUT2D eigenvalue weighted by molar-refractivity contribution is -0.133. The van der Waals surface area contributed by atoms with Crippen LogP contribution < -0.4 is 0 Å². The highest BCUT2D eigenvalue weighted by Gasteiger charge is 2.44. The van der Waals surface area contributed by atoms with Gasteiger partial charge in [0.15, 0.2) is 0 Å². The van der Waals surface area contributed by atoms with Crippen LogP contribution in [0, 0.1) is 6.92 Å². The maximum Gasteiger partial charge on any atom is 0.224 e. The zero-order chi connectivity index (χ0) is 16.6. The molecule has 0 saturated carbocycles. The van der Waals surface area contributed by atoms with Crippen molar-refractivity contribution in [2.75, 3.05) is 13.1 Å². The van der Waals surface area contributed by atoms with Crippen molar-refractivity contribution in [3.63, 3.8) is 0 Å². The molecule has 0 bridgehead atoms. The number of rotatable bonds is 3. The van der Waals surface area contributed by atoms with E-state index in [1.165, 1.54) is 17.6 Å². The van der Waals surface area contributed by atoms with E-state index < -0.39 is 0 Å². The molecule has 2 aliphatic rings. The third-order valence-electron chi connectivity index (χ3n) is 5.24. The number of tetrazole rings is 1. The fourth-order valence-corrected chi connectivity index (χ4v) is 4.02. The summed E-state index contributed by atoms with van der Waals surface area (Å²) in [4.78, 5) is 23.7. The molecular formula is C16H21N7O. The van der Waals surface area contributed by atoms with Crippen LogP contribution in [0.5, 0.6) is 0 Å². The highest BCUT2D eigenvalue weighted by Crippen LogP contribution is 2.43. The van der Waals surface area contributed by atoms with E-state index in [1.807, 2.05) is 18.0 Å². The Morgan fingerprint density at radius 2 is 2.29 bits per heavy atom. The molecule has 8 heteroatoms. The fraction of sp³-hybridized carbons (Fsp3) is 0.625. The molecule has 1 amide bonds. The minimum absolute atomic E-state index is 0.0196. The van der Waals surface area contributed by atoms with Gasteiger partial charge in [0.25, 0.3) is 0 Å². The zero-order valence-electron chi connectivity index (χ0n) is 13.9. The highest BCUT2D eigenvalue weighted by molar-refractivity contribution is 5.76. The molecule has 2 aromatic rings. The number of hydrogen-bond acceptors (Lipinski definition) is 6. The van der Waals surface area contributed by atoms with E-state index in [0.717, 1.165) is 44.6 Å². The van der Waals surface area contributed by atoms with Crippen molar-refractivity contribution in [2.45, 2.75) is 51.0 Å². The molecule has 1 fully saturated rings. The number of aromatic nitrogens is 6. The van der Waals surface area contributed by atoms with Gasteiger partial charge in [0.05, 0.1) is 12.2 Å². The molecule has 1 saturated heterocycles. The number of nitrogens with zero attached hydrogens (tertiary/aromatic N) is 7. The summed E-state index contributed by atoms with van der Waals surface area (Å²) in [6.45, 7) is 4.05. The summed E-state index contributed by atoms with van der Waals surface area (Å²) < 4.78 is 1.60. The molecule has 0 aromatic carbocycles. The van der Waals surface area contributed by atoms with Crippen LogP contribution in [0.1, 0.15) is 42.8 Å². The predicted molar refractivity (Wildman–Crippen MR) is 85.0 cm³/mol. The Kier molecular flexibility index (Phi) is 3.74. The van der Waals surface area contributed by atoms with Gasteiger partial charge >= 0.3 is 0 Å². The van der Waals surface area contributed by atoms with E-state index in [2.05, 4.69) is 20.5 Å². The molecule has 2 aromatic heterocycles. The van der Waals surface area contributed by atoms with Crippen molar-refractivity contribution in [1.82, 2.24) is 35.1 Å². The number of fused-ring (bicyclic) bond motifs is 2. The van der Waals surface area contributed by atoms with Crippen LogP contribution in [0.4, 0.5) is 0 Å². The first kappa shape index (κ1) is 15.2. The first-order chi connectivity index (χ1) is 11.7. The van der Waals surface area contributed by atoms with Gasteiger partial charge < -0.3 is 4.90 Å². The first-order valence-corrected chi connectivity index (χ1v) is 8.48. The maximum atomic E-state index is 12.6. The van der Waals surface area contributed by atoms with E-state index in [0.29, 0.717) is 13.0 Å². The van der Waals surface area contributed by atoms with E-state index in [4.69, 9.17) is 4.98 Å². The molecular weight excluding hydrogens is 306 g/mol. The minimum Gasteiger partial charge on any atom is -0.342 e. The van der Waals surface area contributed by atoms with Gasteiger partial charge in [-0.1, -0.05) is 0 Å². The molecule has 126 valence electrons. The number of hydrogen-bond donors (Lipinski definition) is 0. The van der Waals surface area contributed by atoms with Gasteiger partial charge in [-0.3, -0.25) is 4.79 Å². The SMILES string of the molecule is Cc1ncc2c(n1)C1(CCCN(C(=O)CCn3cnnn3)C1)CC2. The Hall–Kier alpha value is -2.38. The van der Waals surface area contributed by atoms with Gasteiger partial charge in [-0.2, -0.15) is 0 Å². The Balaban J connectivity index is 1.48. The molecule has 0 N–H and O–H groups in total. The van der Waals surface area contributed by atoms with Crippen molar-refractivity contribution in [2.24, 2.45) is 0 Å². The number of aryl methyl sites for hydroxylation is 3. The van der Waals surface area contributed by atoms with E-state index in [-0.39, 0.29) is 11.3 Å². The third kappa shape index (κ3) is 2.65. The Bertz CT molecular complexity index is 741. The molecule has 1 aliphatic carbocycles. The summed E-state index contributed by atoms with van der Waals surface area (Å²) in [5.74, 6) is 0.987. The molecule has 1 unspecified atom stereocenters. The van der Waals surface area contributed by atoms with Gasteiger partial charge in [-0.25, -0.2) is 14.6 Å². The first-order valence-electron chi connectivity index (χ1n) is 8.48. The Labute approximate surface area is 140 Å². The van der Waals surface area contributed by atoms with Crippen molar-refractivity contribution in [1.29, 1.82) is 0 Å². The smallest absolute Gasteiger partial charge is 0.224 e. The molecule has 1 atom stereocenters. The summed E-state index contributed by atoms with van der Waals surface area (Å²) in [5, 5.41) is 11.0. The average molecular weight is 327 g/mol. The Morgan fingerprint density at radius 3 is 3.12 bits per heavy atom. The van der Waals surface area contributed by atoms with Crippen molar-refractivity contribution < 1.29 is 4.79 Å². The minimum atomic E-state index is 0.0196. The van der Waals surface area contributed by atoms with Crippen LogP contribution in [0.3, 0.4) is 0 Å². The van der Waals surface area contributed by atoms with Gasteiger partial charge in [0.1, 0.15) is 12.2 Å². The standard InChI is InChI=1S/C16H21N7O/c1-12-17-9-13-3-6-16(15(13)19-12)5-2-7-22(10-16)14(24)4-8-23-11-18-20-21-23/h9,11H,2-8,10H2,1H3. The van der Waals surface area contributed by atoms with Gasteiger partial charge in [0, 0.05) is 31.1 Å². The molecule has 0 radical (unpaired) electrons. The second-order valence-electron chi connectivity index (χ2n) is 6.81. The lowest BCUT2D eigenvalue weighted by Gasteiger charge is -2.40. The molecule has 24 heavy (non-hydrogen) atoms. The normalized spacial score (nSPS) is 22.8. The quantitative estimate of drug-likeness (QED) is 0.823. The van der Waals surface area contributed by atoms with Crippen molar-refractivity contribution >= 4 is 5.91 Å². The zero-order valence-corrected chi connectivity index (χ0v) is 13.9. The fourth-order valence-electron chi connectivity index (χ4n) is 4.02. The molecule has 4 rings (SSSR count). The van der Waals surface area contributed by atoms with Crippen LogP contribution in [-0.4, -0.2) is 54.1 Å². The van der Waals surface area contributed by atoms with Gasteiger partial charge in [0.2, 0.25) is 5.91 Å². The van der Waals surface area contributed by atoms with Crippen LogP contribution in [0.15, 0.2) is 12.5 Å². The number of carbonyl (C=O) groups excluding carboxylic acids is 1. The summed E-state index contributed by atoms with van der Waals surface area (Å²) in [7, 11) is 0. The highest BCUT2D eigenvalue weighted by atomic mass is 16.2. The predicted octanol–water partition coefficient (Wildman–Crippen LogP) is 0.668. The second-order valence-corrected chi connectivity index (χ2v) is 6.81. The lowest BCUT2D eigenvalue weighted by Crippen LogP contribution is -2.48. The lowest BCUT2D eigenvalue weighted by atomic mass is 9.77. The van der Waals surface area contributed by atoms with Gasteiger partial charge in [-0.05, 0) is 48.6 Å². The molecule has 3 heterocycles. The summed E-state index contributed by atoms with van der Waals surface area (Å²) >= 11 is 0. The van der Waals surface area contributed by atoms with Crippen LogP contribution in [0.25, 0.3) is 0 Å². The number of amides is 1. The Morgan fingerprint density at radius 1 is 1.38 bits per heavy atom. The van der Waals surface area contributed by atoms with Gasteiger partial charge in [-0.15, -0.1) is 5.10 Å². The largest absolute Gasteiger partial charge is 0.342 e. The van der Waals surface area contributed by atoms with E-state index in [1.54, 1.807) is 4.68 Å². The van der Waals surface area contributed by atoms with Crippen LogP contribution >= 0.6 is 0 Å². The van der Waals surface area contributed by atoms with Crippen LogP contribution in [-0.2, 0) is 23.2 Å². The molecule has 1 spiro atoms. The second kappa shape index (κ2) is 5.92. The third-order valence-corrected chi connectivity index (χ3v) is 5.24. The van der Waals surface area contributed by atoms with Crippen molar-refractivity contribution in [3.8, 4) is 0 Å². The molecule has 1 aliphatic heterocycles. The van der Waals surface area contributed by atoms with E-state index >= 15 is 0 Å². The molecule has 8 nitrogen and oxygen atoms in total. The number of carbonyl (C=O) groups is 1. The van der Waals surface area contributed by atoms with Crippen LogP contribution in [0.2, 0.25) is 0 Å². The average Bonchev–Trinajstić information content (AvgIpc) is 3.22.